The number of rotatable bonds is 8. The van der Waals surface area contributed by atoms with Gasteiger partial charge in [0.25, 0.3) is 0 Å². The predicted molar refractivity (Wildman–Crippen MR) is 159 cm³/mol. The van der Waals surface area contributed by atoms with Crippen LogP contribution in [0.2, 0.25) is 0 Å². The molecule has 0 N–H and O–H groups in total. The highest BCUT2D eigenvalue weighted by molar-refractivity contribution is 5.89. The maximum absolute atomic E-state index is 12.1. The van der Waals surface area contributed by atoms with Gasteiger partial charge in [0.2, 0.25) is 0 Å². The van der Waals surface area contributed by atoms with Crippen LogP contribution in [0.1, 0.15) is 29.2 Å². The van der Waals surface area contributed by atoms with Gasteiger partial charge >= 0.3 is 23.9 Å². The van der Waals surface area contributed by atoms with Gasteiger partial charge in [-0.25, -0.2) is 19.2 Å². The van der Waals surface area contributed by atoms with E-state index in [1.807, 2.05) is 0 Å². The molecule has 0 saturated carbocycles. The Morgan fingerprint density at radius 2 is 0.953 bits per heavy atom. The first-order chi connectivity index (χ1) is 20.6. The zero-order valence-electron chi connectivity index (χ0n) is 23.1. The molecule has 0 atom stereocenters. The Balaban J connectivity index is 2.02. The summed E-state index contributed by atoms with van der Waals surface area (Å²) >= 11 is 0. The molecule has 8 heteroatoms. The molecule has 0 fully saturated rings. The van der Waals surface area contributed by atoms with Crippen LogP contribution in [0.4, 0.5) is 0 Å². The fourth-order valence-electron chi connectivity index (χ4n) is 3.07. The summed E-state index contributed by atoms with van der Waals surface area (Å²) in [5.74, 6) is 9.70. The SMILES string of the molecule is C=CC(=O)Oc1ccc(C#Cc2cc(OC(=O)C=C)c(C#Cc3ccc(OC(=O)C(=C)C)cc3)cc2OC(=O)C=C)cc1. The first-order valence-electron chi connectivity index (χ1n) is 12.4. The summed E-state index contributed by atoms with van der Waals surface area (Å²) < 4.78 is 21.0. The number of hydrogen-bond donors (Lipinski definition) is 0. The molecule has 3 aromatic carbocycles. The van der Waals surface area contributed by atoms with Crippen LogP contribution in [0.5, 0.6) is 23.0 Å². The van der Waals surface area contributed by atoms with Gasteiger partial charge < -0.3 is 18.9 Å². The zero-order chi connectivity index (χ0) is 31.4. The molecule has 3 aromatic rings. The topological polar surface area (TPSA) is 105 Å². The number of carbonyl (C=O) groups excluding carboxylic acids is 4. The molecule has 8 nitrogen and oxygen atoms in total. The quantitative estimate of drug-likeness (QED) is 0.156. The van der Waals surface area contributed by atoms with Crippen molar-refractivity contribution in [3.05, 3.63) is 133 Å². The number of esters is 4. The van der Waals surface area contributed by atoms with E-state index >= 15 is 0 Å². The summed E-state index contributed by atoms with van der Waals surface area (Å²) in [7, 11) is 0. The lowest BCUT2D eigenvalue weighted by Crippen LogP contribution is -2.08. The summed E-state index contributed by atoms with van der Waals surface area (Å²) in [5, 5.41) is 0. The maximum Gasteiger partial charge on any atom is 0.338 e. The first kappa shape index (κ1) is 31.2. The smallest absolute Gasteiger partial charge is 0.338 e. The second-order valence-electron chi connectivity index (χ2n) is 8.44. The Morgan fingerprint density at radius 3 is 1.33 bits per heavy atom. The highest BCUT2D eigenvalue weighted by Crippen LogP contribution is 2.29. The average molecular weight is 573 g/mol. The summed E-state index contributed by atoms with van der Waals surface area (Å²) in [6.45, 7) is 15.3. The van der Waals surface area contributed by atoms with Crippen molar-refractivity contribution in [2.24, 2.45) is 0 Å². The molecule has 0 unspecified atom stereocenters. The predicted octanol–water partition coefficient (Wildman–Crippen LogP) is 5.24. The van der Waals surface area contributed by atoms with Crippen LogP contribution in [0, 0.1) is 23.7 Å². The molecule has 3 rings (SSSR count). The van der Waals surface area contributed by atoms with Crippen molar-refractivity contribution in [1.82, 2.24) is 0 Å². The van der Waals surface area contributed by atoms with Gasteiger partial charge in [-0.2, -0.15) is 0 Å². The average Bonchev–Trinajstić information content (AvgIpc) is 3.01. The van der Waals surface area contributed by atoms with E-state index < -0.39 is 23.9 Å². The van der Waals surface area contributed by atoms with E-state index in [4.69, 9.17) is 18.9 Å². The summed E-state index contributed by atoms with van der Waals surface area (Å²) in [6, 6.07) is 15.6. The maximum atomic E-state index is 12.1. The second kappa shape index (κ2) is 14.8. The van der Waals surface area contributed by atoms with Crippen molar-refractivity contribution in [2.45, 2.75) is 6.92 Å². The molecule has 0 aliphatic rings. The van der Waals surface area contributed by atoms with Gasteiger partial charge in [0.05, 0.1) is 11.1 Å². The lowest BCUT2D eigenvalue weighted by Gasteiger charge is -2.10. The second-order valence-corrected chi connectivity index (χ2v) is 8.44. The lowest BCUT2D eigenvalue weighted by molar-refractivity contribution is -0.130. The Bertz CT molecular complexity index is 1750. The molecular formula is C35H24O8. The standard InChI is InChI=1S/C35H24O8/c1-6-32(36)40-28-17-11-24(12-18-28)9-15-26-21-31(43-34(38)8-3)27(22-30(26)42-33(37)7-2)16-10-25-13-19-29(20-14-25)41-35(39)23(4)5/h6-8,11-14,17-22H,1-4H2,5H3. The lowest BCUT2D eigenvalue weighted by atomic mass is 10.1. The number of carbonyl (C=O) groups is 4. The zero-order valence-corrected chi connectivity index (χ0v) is 23.1. The third-order valence-corrected chi connectivity index (χ3v) is 5.17. The Morgan fingerprint density at radius 1 is 0.581 bits per heavy atom. The van der Waals surface area contributed by atoms with Crippen molar-refractivity contribution in [3.63, 3.8) is 0 Å². The van der Waals surface area contributed by atoms with E-state index in [9.17, 15) is 19.2 Å². The van der Waals surface area contributed by atoms with Gasteiger partial charge in [0.15, 0.2) is 0 Å². The van der Waals surface area contributed by atoms with Crippen LogP contribution in [0.3, 0.4) is 0 Å². The largest absolute Gasteiger partial charge is 0.423 e. The van der Waals surface area contributed by atoms with Gasteiger partial charge in [-0.15, -0.1) is 0 Å². The van der Waals surface area contributed by atoms with Crippen molar-refractivity contribution >= 4 is 23.9 Å². The molecule has 0 radical (unpaired) electrons. The van der Waals surface area contributed by atoms with Crippen LogP contribution < -0.4 is 18.9 Å². The molecule has 212 valence electrons. The normalized spacial score (nSPS) is 9.42. The highest BCUT2D eigenvalue weighted by atomic mass is 16.5. The molecule has 0 amide bonds. The minimum Gasteiger partial charge on any atom is -0.423 e. The molecule has 0 aliphatic heterocycles. The van der Waals surface area contributed by atoms with Crippen molar-refractivity contribution in [2.75, 3.05) is 0 Å². The van der Waals surface area contributed by atoms with Crippen molar-refractivity contribution in [3.8, 4) is 46.7 Å². The minimum absolute atomic E-state index is 0.0405. The van der Waals surface area contributed by atoms with E-state index in [2.05, 4.69) is 50.0 Å². The molecule has 0 saturated heterocycles. The summed E-state index contributed by atoms with van der Waals surface area (Å²) in [5.41, 5.74) is 1.77. The third-order valence-electron chi connectivity index (χ3n) is 5.17. The van der Waals surface area contributed by atoms with Crippen LogP contribution in [0.25, 0.3) is 0 Å². The molecule has 0 spiro atoms. The van der Waals surface area contributed by atoms with E-state index in [0.29, 0.717) is 22.6 Å². The third kappa shape index (κ3) is 9.35. The van der Waals surface area contributed by atoms with Gasteiger partial charge in [-0.3, -0.25) is 0 Å². The fraction of sp³-hybridized carbons (Fsp3) is 0.0286. The van der Waals surface area contributed by atoms with Gasteiger partial charge in [0.1, 0.15) is 23.0 Å². The molecule has 0 bridgehead atoms. The molecular weight excluding hydrogens is 548 g/mol. The van der Waals surface area contributed by atoms with E-state index in [1.165, 1.54) is 12.1 Å². The Kier molecular flexibility index (Phi) is 10.8. The molecule has 0 aliphatic carbocycles. The van der Waals surface area contributed by atoms with Gasteiger partial charge in [-0.05, 0) is 55.5 Å². The Labute approximate surface area is 248 Å². The molecule has 0 aromatic heterocycles. The molecule has 0 heterocycles. The number of hydrogen-bond acceptors (Lipinski definition) is 8. The highest BCUT2D eigenvalue weighted by Gasteiger charge is 2.15. The van der Waals surface area contributed by atoms with E-state index in [0.717, 1.165) is 18.2 Å². The van der Waals surface area contributed by atoms with E-state index in [-0.39, 0.29) is 28.2 Å². The minimum atomic E-state index is -0.744. The number of ether oxygens (including phenoxy) is 4. The van der Waals surface area contributed by atoms with Crippen molar-refractivity contribution < 1.29 is 38.1 Å². The van der Waals surface area contributed by atoms with Crippen molar-refractivity contribution in [1.29, 1.82) is 0 Å². The Hall–Kier alpha value is -6.38. The molecule has 43 heavy (non-hydrogen) atoms. The first-order valence-corrected chi connectivity index (χ1v) is 12.4. The number of benzene rings is 3. The summed E-state index contributed by atoms with van der Waals surface area (Å²) in [4.78, 5) is 47.3. The van der Waals surface area contributed by atoms with Crippen LogP contribution >= 0.6 is 0 Å². The van der Waals surface area contributed by atoms with Crippen LogP contribution in [0.15, 0.2) is 111 Å². The van der Waals surface area contributed by atoms with Crippen LogP contribution in [-0.4, -0.2) is 23.9 Å². The van der Waals surface area contributed by atoms with Crippen LogP contribution in [-0.2, 0) is 19.2 Å². The van der Waals surface area contributed by atoms with Gasteiger partial charge in [-0.1, -0.05) is 50.0 Å². The summed E-state index contributed by atoms with van der Waals surface area (Å²) in [6.07, 6.45) is 3.02. The van der Waals surface area contributed by atoms with Gasteiger partial charge in [0, 0.05) is 47.1 Å². The monoisotopic (exact) mass is 572 g/mol. The fourth-order valence-corrected chi connectivity index (χ4v) is 3.07. The van der Waals surface area contributed by atoms with E-state index in [1.54, 1.807) is 55.5 Å².